The maximum Gasteiger partial charge on any atom is 0.226 e. The molecular weight excluding hydrogens is 370 g/mol. The Morgan fingerprint density at radius 1 is 1.18 bits per heavy atom. The number of rotatable bonds is 3. The van der Waals surface area contributed by atoms with Gasteiger partial charge in [-0.25, -0.2) is 4.98 Å². The molecule has 28 heavy (non-hydrogen) atoms. The quantitative estimate of drug-likeness (QED) is 0.863. The second-order valence-electron chi connectivity index (χ2n) is 8.78. The van der Waals surface area contributed by atoms with Crippen molar-refractivity contribution in [3.8, 4) is 10.6 Å². The Hall–Kier alpha value is -1.79. The highest BCUT2D eigenvalue weighted by Gasteiger charge is 2.44. The molecule has 3 aliphatic carbocycles. The van der Waals surface area contributed by atoms with Gasteiger partial charge in [0.15, 0.2) is 0 Å². The van der Waals surface area contributed by atoms with Crippen molar-refractivity contribution in [2.45, 2.75) is 57.1 Å². The molecule has 0 aliphatic heterocycles. The van der Waals surface area contributed by atoms with Crippen molar-refractivity contribution >= 4 is 17.2 Å². The van der Waals surface area contributed by atoms with Gasteiger partial charge in [0.05, 0.1) is 11.8 Å². The van der Waals surface area contributed by atoms with E-state index in [2.05, 4.69) is 4.98 Å². The highest BCUT2D eigenvalue weighted by atomic mass is 32.1. The summed E-state index contributed by atoms with van der Waals surface area (Å²) in [6.07, 6.45) is 10.1. The van der Waals surface area contributed by atoms with Gasteiger partial charge in [0, 0.05) is 48.3 Å². The molecule has 2 heterocycles. The Labute approximate surface area is 169 Å². The fourth-order valence-electron chi connectivity index (χ4n) is 5.54. The molecule has 2 fully saturated rings. The van der Waals surface area contributed by atoms with Crippen LogP contribution in [0.25, 0.3) is 10.6 Å². The predicted octanol–water partition coefficient (Wildman–Crippen LogP) is 3.32. The Bertz CT molecular complexity index is 854. The first-order valence-electron chi connectivity index (χ1n) is 10.4. The van der Waals surface area contributed by atoms with E-state index < -0.39 is 0 Å². The van der Waals surface area contributed by atoms with Crippen molar-refractivity contribution in [1.29, 1.82) is 0 Å². The summed E-state index contributed by atoms with van der Waals surface area (Å²) in [5, 5.41) is 10.9. The van der Waals surface area contributed by atoms with Crippen molar-refractivity contribution < 1.29 is 9.90 Å². The Balaban J connectivity index is 1.26. The summed E-state index contributed by atoms with van der Waals surface area (Å²) in [7, 11) is 1.99. The average molecular weight is 398 g/mol. The minimum Gasteiger partial charge on any atom is -0.393 e. The first-order valence-corrected chi connectivity index (χ1v) is 11.2. The summed E-state index contributed by atoms with van der Waals surface area (Å²) in [5.74, 6) is 1.55. The second kappa shape index (κ2) is 7.23. The fraction of sp³-hybridized carbons (Fsp3) is 0.591. The molecular formula is C22H27N3O2S. The van der Waals surface area contributed by atoms with Gasteiger partial charge in [-0.1, -0.05) is 0 Å². The lowest BCUT2D eigenvalue weighted by molar-refractivity contribution is -0.136. The third-order valence-corrected chi connectivity index (χ3v) is 8.28. The summed E-state index contributed by atoms with van der Waals surface area (Å²) < 4.78 is 0. The van der Waals surface area contributed by atoms with Crippen LogP contribution in [0, 0.1) is 17.8 Å². The molecule has 0 radical (unpaired) electrons. The summed E-state index contributed by atoms with van der Waals surface area (Å²) in [6, 6.07) is 4.34. The van der Waals surface area contributed by atoms with E-state index in [1.165, 1.54) is 4.88 Å². The zero-order valence-electron chi connectivity index (χ0n) is 16.3. The van der Waals surface area contributed by atoms with Crippen LogP contribution in [-0.4, -0.2) is 45.1 Å². The third kappa shape index (κ3) is 3.26. The van der Waals surface area contributed by atoms with Crippen molar-refractivity contribution in [3.05, 3.63) is 35.1 Å². The molecule has 0 aromatic carbocycles. The highest BCUT2D eigenvalue weighted by molar-refractivity contribution is 7.15. The normalized spacial score (nSPS) is 31.4. The Kier molecular flexibility index (Phi) is 4.71. The van der Waals surface area contributed by atoms with Gasteiger partial charge in [0.2, 0.25) is 5.91 Å². The number of hydrogen-bond donors (Lipinski definition) is 1. The molecule has 5 atom stereocenters. The molecule has 0 saturated heterocycles. The minimum absolute atomic E-state index is 0.0518. The zero-order chi connectivity index (χ0) is 19.3. The van der Waals surface area contributed by atoms with E-state index in [0.717, 1.165) is 61.2 Å². The van der Waals surface area contributed by atoms with Crippen molar-refractivity contribution in [3.63, 3.8) is 0 Å². The number of hydrogen-bond acceptors (Lipinski definition) is 5. The number of fused-ring (bicyclic) bond motifs is 2. The van der Waals surface area contributed by atoms with E-state index >= 15 is 0 Å². The SMILES string of the molecule is CN(C(=O)C1CCc2sc(-c3ccncc3)nc2C1)C1C[C@H]2CC(O)C[C@H]2C1. The molecule has 2 aromatic heterocycles. The van der Waals surface area contributed by atoms with Crippen LogP contribution in [0.3, 0.4) is 0 Å². The van der Waals surface area contributed by atoms with Crippen LogP contribution in [0.15, 0.2) is 24.5 Å². The van der Waals surface area contributed by atoms with Gasteiger partial charge in [-0.2, -0.15) is 0 Å². The average Bonchev–Trinajstić information content (AvgIpc) is 3.39. The number of carbonyl (C=O) groups is 1. The number of aryl methyl sites for hydroxylation is 1. The van der Waals surface area contributed by atoms with Crippen molar-refractivity contribution in [2.24, 2.45) is 17.8 Å². The van der Waals surface area contributed by atoms with Gasteiger partial charge < -0.3 is 10.0 Å². The van der Waals surface area contributed by atoms with Gasteiger partial charge in [-0.15, -0.1) is 11.3 Å². The number of pyridine rings is 1. The number of amides is 1. The van der Waals surface area contributed by atoms with E-state index in [1.54, 1.807) is 23.7 Å². The fourth-order valence-corrected chi connectivity index (χ4v) is 6.65. The summed E-state index contributed by atoms with van der Waals surface area (Å²) in [4.78, 5) is 25.5. The van der Waals surface area contributed by atoms with Crippen LogP contribution < -0.4 is 0 Å². The molecule has 5 rings (SSSR count). The van der Waals surface area contributed by atoms with Gasteiger partial charge in [0.25, 0.3) is 0 Å². The first kappa shape index (κ1) is 18.3. The van der Waals surface area contributed by atoms with E-state index in [9.17, 15) is 9.90 Å². The van der Waals surface area contributed by atoms with Crippen molar-refractivity contribution in [1.82, 2.24) is 14.9 Å². The maximum atomic E-state index is 13.2. The lowest BCUT2D eigenvalue weighted by Gasteiger charge is -2.31. The van der Waals surface area contributed by atoms with Gasteiger partial charge in [-0.3, -0.25) is 9.78 Å². The summed E-state index contributed by atoms with van der Waals surface area (Å²) in [5.41, 5.74) is 2.22. The Morgan fingerprint density at radius 2 is 1.89 bits per heavy atom. The maximum absolute atomic E-state index is 13.2. The topological polar surface area (TPSA) is 66.3 Å². The number of thiazole rings is 1. The van der Waals surface area contributed by atoms with Crippen LogP contribution in [0.1, 0.15) is 42.7 Å². The number of aliphatic hydroxyl groups is 1. The molecule has 0 bridgehead atoms. The molecule has 148 valence electrons. The van der Waals surface area contributed by atoms with Crippen LogP contribution in [0.4, 0.5) is 0 Å². The molecule has 2 aromatic rings. The van der Waals surface area contributed by atoms with Crippen LogP contribution >= 0.6 is 11.3 Å². The monoisotopic (exact) mass is 397 g/mol. The molecule has 1 N–H and O–H groups in total. The molecule has 1 amide bonds. The zero-order valence-corrected chi connectivity index (χ0v) is 17.1. The van der Waals surface area contributed by atoms with Crippen LogP contribution in [0.5, 0.6) is 0 Å². The minimum atomic E-state index is -0.118. The third-order valence-electron chi connectivity index (χ3n) is 7.08. The predicted molar refractivity (Wildman–Crippen MR) is 109 cm³/mol. The first-order chi connectivity index (χ1) is 13.6. The summed E-state index contributed by atoms with van der Waals surface area (Å²) in [6.45, 7) is 0. The molecule has 6 heteroatoms. The molecule has 3 aliphatic rings. The molecule has 5 nitrogen and oxygen atoms in total. The van der Waals surface area contributed by atoms with Gasteiger partial charge in [0.1, 0.15) is 5.01 Å². The lowest BCUT2D eigenvalue weighted by Crippen LogP contribution is -2.41. The number of aliphatic hydroxyl groups excluding tert-OH is 1. The van der Waals surface area contributed by atoms with Gasteiger partial charge in [-0.05, 0) is 62.5 Å². The second-order valence-corrected chi connectivity index (χ2v) is 9.87. The van der Waals surface area contributed by atoms with Gasteiger partial charge >= 0.3 is 0 Å². The van der Waals surface area contributed by atoms with E-state index in [0.29, 0.717) is 17.9 Å². The van der Waals surface area contributed by atoms with Crippen molar-refractivity contribution in [2.75, 3.05) is 7.05 Å². The van der Waals surface area contributed by atoms with E-state index in [4.69, 9.17) is 4.98 Å². The standard InChI is InChI=1S/C22H27N3O2S/c1-25(17-8-15-10-18(26)11-16(15)9-17)22(27)14-2-3-20-19(12-14)24-21(28-20)13-4-6-23-7-5-13/h4-7,14-18,26H,2-3,8-12H2,1H3/t14?,15-,16+,17?,18?. The highest BCUT2D eigenvalue weighted by Crippen LogP contribution is 2.46. The number of carbonyl (C=O) groups excluding carboxylic acids is 1. The van der Waals surface area contributed by atoms with Crippen LogP contribution in [-0.2, 0) is 17.6 Å². The number of nitrogens with zero attached hydrogens (tertiary/aromatic N) is 3. The molecule has 0 spiro atoms. The van der Waals surface area contributed by atoms with E-state index in [1.807, 2.05) is 24.1 Å². The van der Waals surface area contributed by atoms with Crippen LogP contribution in [0.2, 0.25) is 0 Å². The lowest BCUT2D eigenvalue weighted by atomic mass is 9.89. The Morgan fingerprint density at radius 3 is 2.61 bits per heavy atom. The molecule has 2 saturated carbocycles. The smallest absolute Gasteiger partial charge is 0.226 e. The molecule has 3 unspecified atom stereocenters. The number of aromatic nitrogens is 2. The summed E-state index contributed by atoms with van der Waals surface area (Å²) >= 11 is 1.76. The van der Waals surface area contributed by atoms with E-state index in [-0.39, 0.29) is 17.9 Å². The largest absolute Gasteiger partial charge is 0.393 e.